The molecule has 6 nitrogen and oxygen atoms in total. The van der Waals surface area contributed by atoms with Crippen LogP contribution in [0, 0.1) is 0 Å². The standard InChI is InChI=1S/C19H14Cl2F3N3O3S/c1-11(20)9-16(17(25-2)18(28)12-5-7-26-8-6-12)27-31(29,30)13-3-4-15(21)14(10-13)19(22,23)24/h3-10,27H,2H2,1H3/b11-9+,17-16+. The molecule has 1 heterocycles. The van der Waals surface area contributed by atoms with Gasteiger partial charge in [-0.05, 0) is 50.0 Å². The number of hydrogen-bond donors (Lipinski definition) is 1. The van der Waals surface area contributed by atoms with E-state index in [4.69, 9.17) is 23.2 Å². The van der Waals surface area contributed by atoms with Crippen molar-refractivity contribution in [2.75, 3.05) is 0 Å². The lowest BCUT2D eigenvalue weighted by Crippen LogP contribution is -2.25. The number of aliphatic imine (C=N–C) groups is 1. The molecule has 0 aliphatic rings. The molecule has 0 saturated heterocycles. The summed E-state index contributed by atoms with van der Waals surface area (Å²) >= 11 is 11.4. The Balaban J connectivity index is 2.61. The van der Waals surface area contributed by atoms with Crippen LogP contribution < -0.4 is 4.72 Å². The van der Waals surface area contributed by atoms with E-state index in [-0.39, 0.29) is 16.3 Å². The van der Waals surface area contributed by atoms with Crippen LogP contribution in [-0.2, 0) is 16.2 Å². The average molecular weight is 492 g/mol. The van der Waals surface area contributed by atoms with Gasteiger partial charge in [-0.15, -0.1) is 0 Å². The summed E-state index contributed by atoms with van der Waals surface area (Å²) in [6, 6.07) is 4.81. The fourth-order valence-corrected chi connectivity index (χ4v) is 3.77. The van der Waals surface area contributed by atoms with Crippen molar-refractivity contribution in [2.24, 2.45) is 4.99 Å². The SMILES string of the molecule is C=N/C(C(=O)c1ccncc1)=C(\C=C(/C)Cl)NS(=O)(=O)c1ccc(Cl)c(C(F)(F)F)c1. The van der Waals surface area contributed by atoms with E-state index in [1.807, 2.05) is 0 Å². The minimum atomic E-state index is -4.88. The van der Waals surface area contributed by atoms with Gasteiger partial charge in [0.05, 0.1) is 21.2 Å². The van der Waals surface area contributed by atoms with Gasteiger partial charge >= 0.3 is 6.18 Å². The number of nitrogens with zero attached hydrogens (tertiary/aromatic N) is 2. The molecular formula is C19H14Cl2F3N3O3S. The van der Waals surface area contributed by atoms with Crippen LogP contribution in [-0.4, -0.2) is 25.9 Å². The maximum absolute atomic E-state index is 13.1. The predicted octanol–water partition coefficient (Wildman–Crippen LogP) is 4.97. The first kappa shape index (κ1) is 24.6. The molecule has 2 aromatic rings. The molecule has 0 aliphatic carbocycles. The van der Waals surface area contributed by atoms with E-state index in [0.29, 0.717) is 6.07 Å². The number of pyridine rings is 1. The maximum atomic E-state index is 13.1. The van der Waals surface area contributed by atoms with Crippen molar-refractivity contribution in [1.82, 2.24) is 9.71 Å². The Morgan fingerprint density at radius 2 is 1.84 bits per heavy atom. The molecule has 1 aromatic carbocycles. The van der Waals surface area contributed by atoms with E-state index in [1.165, 1.54) is 31.5 Å². The summed E-state index contributed by atoms with van der Waals surface area (Å²) in [7, 11) is -4.60. The summed E-state index contributed by atoms with van der Waals surface area (Å²) < 4.78 is 67.0. The molecule has 1 aromatic heterocycles. The second-order valence-electron chi connectivity index (χ2n) is 5.96. The van der Waals surface area contributed by atoms with Crippen molar-refractivity contribution in [3.05, 3.63) is 81.4 Å². The third-order valence-electron chi connectivity index (χ3n) is 3.71. The summed E-state index contributed by atoms with van der Waals surface area (Å²) in [4.78, 5) is 19.4. The highest BCUT2D eigenvalue weighted by molar-refractivity contribution is 7.89. The molecule has 0 atom stereocenters. The number of hydrogen-bond acceptors (Lipinski definition) is 5. The van der Waals surface area contributed by atoms with Crippen molar-refractivity contribution in [3.8, 4) is 0 Å². The average Bonchev–Trinajstić information content (AvgIpc) is 2.67. The van der Waals surface area contributed by atoms with E-state index in [0.717, 1.165) is 18.2 Å². The zero-order valence-corrected chi connectivity index (χ0v) is 18.1. The molecule has 0 spiro atoms. The van der Waals surface area contributed by atoms with Crippen molar-refractivity contribution in [2.45, 2.75) is 18.0 Å². The van der Waals surface area contributed by atoms with Crippen LogP contribution >= 0.6 is 23.2 Å². The Morgan fingerprint density at radius 1 is 1.23 bits per heavy atom. The normalized spacial score (nSPS) is 13.4. The van der Waals surface area contributed by atoms with Gasteiger partial charge in [-0.25, -0.2) is 8.42 Å². The van der Waals surface area contributed by atoms with Gasteiger partial charge in [0, 0.05) is 23.0 Å². The zero-order chi connectivity index (χ0) is 23.4. The fourth-order valence-electron chi connectivity index (χ4n) is 2.36. The number of sulfonamides is 1. The van der Waals surface area contributed by atoms with Gasteiger partial charge in [-0.1, -0.05) is 23.2 Å². The summed E-state index contributed by atoms with van der Waals surface area (Å²) in [5.41, 5.74) is -2.00. The molecule has 164 valence electrons. The maximum Gasteiger partial charge on any atom is 0.417 e. The number of Topliss-reactive ketones (excluding diaryl/α,β-unsaturated/α-hetero) is 1. The lowest BCUT2D eigenvalue weighted by Gasteiger charge is -2.14. The van der Waals surface area contributed by atoms with Crippen LogP contribution in [0.15, 0.2) is 75.1 Å². The molecule has 0 saturated carbocycles. The smallest absolute Gasteiger partial charge is 0.287 e. The van der Waals surface area contributed by atoms with Gasteiger partial charge in [0.25, 0.3) is 10.0 Å². The van der Waals surface area contributed by atoms with E-state index >= 15 is 0 Å². The van der Waals surface area contributed by atoms with Gasteiger partial charge < -0.3 is 0 Å². The van der Waals surface area contributed by atoms with Gasteiger partial charge in [-0.3, -0.25) is 19.5 Å². The Labute approximate surface area is 186 Å². The number of nitrogens with one attached hydrogen (secondary N) is 1. The van der Waals surface area contributed by atoms with Gasteiger partial charge in [-0.2, -0.15) is 13.2 Å². The molecule has 0 fully saturated rings. The quantitative estimate of drug-likeness (QED) is 0.256. The third-order valence-corrected chi connectivity index (χ3v) is 5.51. The summed E-state index contributed by atoms with van der Waals surface area (Å²) in [5, 5.41) is -0.603. The molecule has 0 unspecified atom stereocenters. The Hall–Kier alpha value is -2.69. The third kappa shape index (κ3) is 6.16. The molecule has 0 amide bonds. The van der Waals surface area contributed by atoms with E-state index in [1.54, 1.807) is 0 Å². The summed E-state index contributed by atoms with van der Waals surface area (Å²) in [6.07, 6.45) is -1.11. The largest absolute Gasteiger partial charge is 0.417 e. The lowest BCUT2D eigenvalue weighted by molar-refractivity contribution is -0.137. The summed E-state index contributed by atoms with van der Waals surface area (Å²) in [6.45, 7) is 4.68. The number of rotatable bonds is 7. The minimum absolute atomic E-state index is 0.0634. The molecule has 0 radical (unpaired) electrons. The highest BCUT2D eigenvalue weighted by Gasteiger charge is 2.34. The van der Waals surface area contributed by atoms with Gasteiger partial charge in [0.2, 0.25) is 5.78 Å². The fraction of sp³-hybridized carbons (Fsp3) is 0.105. The van der Waals surface area contributed by atoms with Crippen LogP contribution in [0.25, 0.3) is 0 Å². The molecule has 2 rings (SSSR count). The zero-order valence-electron chi connectivity index (χ0n) is 15.7. The number of alkyl halides is 3. The number of carbonyl (C=O) groups is 1. The number of ketones is 1. The predicted molar refractivity (Wildman–Crippen MR) is 112 cm³/mol. The van der Waals surface area contributed by atoms with Crippen molar-refractivity contribution >= 4 is 45.7 Å². The Morgan fingerprint density at radius 3 is 2.35 bits per heavy atom. The lowest BCUT2D eigenvalue weighted by atomic mass is 10.1. The second kappa shape index (κ2) is 9.63. The van der Waals surface area contributed by atoms with E-state index < -0.39 is 43.2 Å². The Kier molecular flexibility index (Phi) is 7.63. The first-order valence-electron chi connectivity index (χ1n) is 8.26. The summed E-state index contributed by atoms with van der Waals surface area (Å²) in [5.74, 6) is -0.712. The van der Waals surface area contributed by atoms with Crippen LogP contribution in [0.4, 0.5) is 13.2 Å². The number of allylic oxidation sites excluding steroid dienone is 3. The van der Waals surface area contributed by atoms with Crippen LogP contribution in [0.3, 0.4) is 0 Å². The topological polar surface area (TPSA) is 88.5 Å². The molecule has 0 aliphatic heterocycles. The monoisotopic (exact) mass is 491 g/mol. The van der Waals surface area contributed by atoms with Crippen molar-refractivity contribution in [3.63, 3.8) is 0 Å². The van der Waals surface area contributed by atoms with E-state index in [9.17, 15) is 26.4 Å². The Bertz CT molecular complexity index is 1170. The van der Waals surface area contributed by atoms with Gasteiger partial charge in [0.15, 0.2) is 0 Å². The first-order chi connectivity index (χ1) is 14.4. The molecule has 0 bridgehead atoms. The first-order valence-corrected chi connectivity index (χ1v) is 10.5. The van der Waals surface area contributed by atoms with Crippen molar-refractivity contribution < 1.29 is 26.4 Å². The number of benzene rings is 1. The van der Waals surface area contributed by atoms with Crippen molar-refractivity contribution in [1.29, 1.82) is 0 Å². The molecule has 1 N–H and O–H groups in total. The van der Waals surface area contributed by atoms with Crippen LogP contribution in [0.5, 0.6) is 0 Å². The molecule has 31 heavy (non-hydrogen) atoms. The molecule has 12 heteroatoms. The number of halogens is 5. The highest BCUT2D eigenvalue weighted by Crippen LogP contribution is 2.36. The second-order valence-corrected chi connectivity index (χ2v) is 8.65. The van der Waals surface area contributed by atoms with Gasteiger partial charge in [0.1, 0.15) is 5.70 Å². The van der Waals surface area contributed by atoms with E-state index in [2.05, 4.69) is 21.4 Å². The molecular weight excluding hydrogens is 478 g/mol. The number of aromatic nitrogens is 1. The highest BCUT2D eigenvalue weighted by atomic mass is 35.5. The van der Waals surface area contributed by atoms with Crippen LogP contribution in [0.1, 0.15) is 22.8 Å². The number of carbonyl (C=O) groups excluding carboxylic acids is 1. The van der Waals surface area contributed by atoms with Crippen LogP contribution in [0.2, 0.25) is 5.02 Å². The minimum Gasteiger partial charge on any atom is -0.287 e.